The molecule has 4 rings (SSSR count). The average molecular weight is 471 g/mol. The maximum atomic E-state index is 13.2. The zero-order chi connectivity index (χ0) is 23.1. The highest BCUT2D eigenvalue weighted by Crippen LogP contribution is 2.34. The van der Waals surface area contributed by atoms with Crippen LogP contribution in [0.1, 0.15) is 30.5 Å². The molecule has 0 spiro atoms. The van der Waals surface area contributed by atoms with Gasteiger partial charge in [-0.25, -0.2) is 8.42 Å². The van der Waals surface area contributed by atoms with Crippen molar-refractivity contribution in [1.82, 2.24) is 29.2 Å². The predicted octanol–water partition coefficient (Wildman–Crippen LogP) is 3.09. The fourth-order valence-electron chi connectivity index (χ4n) is 4.12. The Labute approximate surface area is 184 Å². The molecule has 3 aromatic rings. The minimum absolute atomic E-state index is 0.0572. The highest BCUT2D eigenvalue weighted by Gasteiger charge is 2.38. The number of benzene rings is 1. The normalized spacial score (nSPS) is 19.1. The number of fused-ring (bicyclic) bond motifs is 1. The summed E-state index contributed by atoms with van der Waals surface area (Å²) in [6, 6.07) is 3.25. The van der Waals surface area contributed by atoms with Crippen molar-refractivity contribution in [1.29, 1.82) is 0 Å². The number of alkyl halides is 3. The van der Waals surface area contributed by atoms with Gasteiger partial charge in [-0.1, -0.05) is 0 Å². The largest absolute Gasteiger partial charge is 0.390 e. The van der Waals surface area contributed by atoms with Crippen LogP contribution in [0, 0.1) is 6.92 Å². The number of aromatic nitrogens is 4. The van der Waals surface area contributed by atoms with E-state index >= 15 is 0 Å². The summed E-state index contributed by atoms with van der Waals surface area (Å²) in [5.41, 5.74) is 2.48. The smallest absolute Gasteiger partial charge is 0.293 e. The zero-order valence-electron chi connectivity index (χ0n) is 17.8. The fraction of sp³-hybridized carbons (Fsp3) is 0.500. The van der Waals surface area contributed by atoms with E-state index in [-0.39, 0.29) is 31.1 Å². The summed E-state index contributed by atoms with van der Waals surface area (Å²) in [7, 11) is -3.82. The van der Waals surface area contributed by atoms with E-state index in [1.165, 1.54) is 21.4 Å². The Bertz CT molecular complexity index is 1200. The number of hydrogen-bond donors (Lipinski definition) is 1. The number of H-pyrrole nitrogens is 1. The Hall–Kier alpha value is -2.44. The number of nitrogens with zero attached hydrogens (tertiary/aromatic N) is 5. The van der Waals surface area contributed by atoms with Gasteiger partial charge in [0.05, 0.1) is 24.3 Å². The number of sulfonamides is 1. The molecule has 1 aliphatic rings. The molecule has 0 bridgehead atoms. The quantitative estimate of drug-likeness (QED) is 0.598. The van der Waals surface area contributed by atoms with Gasteiger partial charge in [0, 0.05) is 50.3 Å². The van der Waals surface area contributed by atoms with E-state index in [1.54, 1.807) is 11.1 Å². The van der Waals surface area contributed by atoms with Crippen molar-refractivity contribution >= 4 is 20.9 Å². The molecule has 0 saturated carbocycles. The van der Waals surface area contributed by atoms with Crippen LogP contribution < -0.4 is 0 Å². The number of aromatic amines is 1. The van der Waals surface area contributed by atoms with Crippen LogP contribution in [-0.4, -0.2) is 70.0 Å². The van der Waals surface area contributed by atoms with Crippen LogP contribution in [0.4, 0.5) is 13.2 Å². The third-order valence-corrected chi connectivity index (χ3v) is 7.71. The lowest BCUT2D eigenvalue weighted by atomic mass is 9.96. The van der Waals surface area contributed by atoms with Crippen molar-refractivity contribution in [2.75, 3.05) is 26.2 Å². The summed E-state index contributed by atoms with van der Waals surface area (Å²) < 4.78 is 68.2. The molecule has 32 heavy (non-hydrogen) atoms. The fourth-order valence-corrected chi connectivity index (χ4v) is 5.52. The molecule has 12 heteroatoms. The Morgan fingerprint density at radius 2 is 2.00 bits per heavy atom. The van der Waals surface area contributed by atoms with E-state index in [4.69, 9.17) is 0 Å². The second kappa shape index (κ2) is 8.49. The number of nitrogens with one attached hydrogen (secondary N) is 1. The highest BCUT2D eigenvalue weighted by molar-refractivity contribution is 7.89. The summed E-state index contributed by atoms with van der Waals surface area (Å²) in [6.07, 6.45) is -0.802. The molecule has 1 atom stereocenters. The summed E-state index contributed by atoms with van der Waals surface area (Å²) >= 11 is 0. The molecule has 174 valence electrons. The van der Waals surface area contributed by atoms with Crippen molar-refractivity contribution in [3.8, 4) is 0 Å². The molecular weight excluding hydrogens is 445 g/mol. The minimum Gasteiger partial charge on any atom is -0.293 e. The van der Waals surface area contributed by atoms with Crippen LogP contribution >= 0.6 is 0 Å². The molecule has 1 aromatic carbocycles. The summed E-state index contributed by atoms with van der Waals surface area (Å²) in [5.74, 6) is 0. The lowest BCUT2D eigenvalue weighted by molar-refractivity contribution is -0.140. The van der Waals surface area contributed by atoms with Crippen molar-refractivity contribution < 1.29 is 21.6 Å². The van der Waals surface area contributed by atoms with E-state index in [0.717, 1.165) is 22.0 Å². The van der Waals surface area contributed by atoms with Gasteiger partial charge in [0.2, 0.25) is 10.0 Å². The van der Waals surface area contributed by atoms with Gasteiger partial charge in [0.15, 0.2) is 0 Å². The number of halogens is 3. The Balaban J connectivity index is 1.68. The molecule has 2 aromatic heterocycles. The van der Waals surface area contributed by atoms with Gasteiger partial charge < -0.3 is 0 Å². The third-order valence-electron chi connectivity index (χ3n) is 5.89. The zero-order valence-corrected chi connectivity index (χ0v) is 18.6. The van der Waals surface area contributed by atoms with E-state index in [9.17, 15) is 21.6 Å². The predicted molar refractivity (Wildman–Crippen MR) is 112 cm³/mol. The van der Waals surface area contributed by atoms with Gasteiger partial charge in [-0.15, -0.1) is 0 Å². The van der Waals surface area contributed by atoms with Gasteiger partial charge in [0.25, 0.3) is 0 Å². The molecular formula is C20H25F3N6O2S. The highest BCUT2D eigenvalue weighted by atomic mass is 32.2. The van der Waals surface area contributed by atoms with Gasteiger partial charge in [-0.05, 0) is 37.1 Å². The summed E-state index contributed by atoms with van der Waals surface area (Å²) in [4.78, 5) is 1.81. The Kier molecular flexibility index (Phi) is 6.03. The molecule has 0 amide bonds. The number of hydrogen-bond acceptors (Lipinski definition) is 5. The number of piperazine rings is 1. The van der Waals surface area contributed by atoms with Crippen molar-refractivity contribution in [3.05, 3.63) is 41.9 Å². The lowest BCUT2D eigenvalue weighted by Gasteiger charge is -2.41. The first-order valence-corrected chi connectivity index (χ1v) is 11.8. The first-order valence-electron chi connectivity index (χ1n) is 10.4. The Morgan fingerprint density at radius 1 is 1.22 bits per heavy atom. The molecule has 0 aliphatic carbocycles. The van der Waals surface area contributed by atoms with Crippen LogP contribution in [0.25, 0.3) is 10.9 Å². The Morgan fingerprint density at radius 3 is 2.69 bits per heavy atom. The molecule has 8 nitrogen and oxygen atoms in total. The molecule has 0 radical (unpaired) electrons. The van der Waals surface area contributed by atoms with E-state index in [2.05, 4.69) is 15.3 Å². The maximum Gasteiger partial charge on any atom is 0.390 e. The SMILES string of the molecule is CCn1cc(S(=O)(=O)N2CCN(CCC(F)(F)F)C(c3cc4cn[nH]c4cc3C)C2)cn1. The molecule has 1 unspecified atom stereocenters. The van der Waals surface area contributed by atoms with E-state index < -0.39 is 28.7 Å². The maximum absolute atomic E-state index is 13.2. The first kappa shape index (κ1) is 22.7. The molecule has 1 N–H and O–H groups in total. The van der Waals surface area contributed by atoms with Crippen molar-refractivity contribution in [3.63, 3.8) is 0 Å². The minimum atomic E-state index is -4.29. The second-order valence-corrected chi connectivity index (χ2v) is 9.92. The van der Waals surface area contributed by atoms with Crippen LogP contribution in [0.2, 0.25) is 0 Å². The molecule has 1 aliphatic heterocycles. The topological polar surface area (TPSA) is 87.1 Å². The number of rotatable bonds is 6. The second-order valence-electron chi connectivity index (χ2n) is 7.98. The van der Waals surface area contributed by atoms with Crippen molar-refractivity contribution in [2.24, 2.45) is 0 Å². The van der Waals surface area contributed by atoms with Gasteiger partial charge >= 0.3 is 6.18 Å². The lowest BCUT2D eigenvalue weighted by Crippen LogP contribution is -2.51. The molecule has 1 saturated heterocycles. The van der Waals surface area contributed by atoms with Gasteiger partial charge in [-0.3, -0.25) is 14.7 Å². The number of aryl methyl sites for hydroxylation is 2. The van der Waals surface area contributed by atoms with Gasteiger partial charge in [0.1, 0.15) is 4.90 Å². The third kappa shape index (κ3) is 4.52. The van der Waals surface area contributed by atoms with Crippen LogP contribution in [0.5, 0.6) is 0 Å². The van der Waals surface area contributed by atoms with Crippen LogP contribution in [0.3, 0.4) is 0 Å². The summed E-state index contributed by atoms with van der Waals surface area (Å²) in [6.45, 7) is 4.43. The molecule has 1 fully saturated rings. The first-order chi connectivity index (χ1) is 15.1. The monoisotopic (exact) mass is 470 g/mol. The average Bonchev–Trinajstić information content (AvgIpc) is 3.40. The van der Waals surface area contributed by atoms with Gasteiger partial charge in [-0.2, -0.15) is 27.7 Å². The molecule has 3 heterocycles. The van der Waals surface area contributed by atoms with Crippen LogP contribution in [-0.2, 0) is 16.6 Å². The summed E-state index contributed by atoms with van der Waals surface area (Å²) in [5, 5.41) is 11.8. The van der Waals surface area contributed by atoms with Crippen LogP contribution in [0.15, 0.2) is 35.6 Å². The van der Waals surface area contributed by atoms with Crippen molar-refractivity contribution in [2.45, 2.75) is 43.9 Å². The van der Waals surface area contributed by atoms with E-state index in [1.807, 2.05) is 26.0 Å². The standard InChI is InChI=1S/C20H25F3N6O2S/c1-3-28-12-16(11-25-28)32(30,31)29-7-6-27(5-4-20(21,22)23)19(13-29)17-9-15-10-24-26-18(15)8-14(17)2/h8-12,19H,3-7,13H2,1-2H3,(H,24,26). The van der Waals surface area contributed by atoms with E-state index in [0.29, 0.717) is 6.54 Å².